The van der Waals surface area contributed by atoms with E-state index >= 15 is 0 Å². The first-order valence-electron chi connectivity index (χ1n) is 10.3. The van der Waals surface area contributed by atoms with E-state index < -0.39 is 5.82 Å². The number of hydrogen-bond donors (Lipinski definition) is 2. The van der Waals surface area contributed by atoms with Gasteiger partial charge in [-0.2, -0.15) is 5.10 Å². The van der Waals surface area contributed by atoms with Gasteiger partial charge >= 0.3 is 0 Å². The maximum absolute atomic E-state index is 14.0. The molecule has 0 saturated heterocycles. The van der Waals surface area contributed by atoms with Gasteiger partial charge < -0.3 is 15.8 Å². The van der Waals surface area contributed by atoms with Gasteiger partial charge in [0.1, 0.15) is 17.3 Å². The Hall–Kier alpha value is -3.68. The molecule has 0 atom stereocenters. The van der Waals surface area contributed by atoms with Crippen molar-refractivity contribution in [3.63, 3.8) is 0 Å². The number of carbonyl (C=O) groups is 1. The Labute approximate surface area is 187 Å². The van der Waals surface area contributed by atoms with Gasteiger partial charge in [0.25, 0.3) is 5.91 Å². The Kier molecular flexibility index (Phi) is 6.62. The van der Waals surface area contributed by atoms with Crippen LogP contribution in [-0.4, -0.2) is 36.2 Å². The number of nitrogens with two attached hydrogens (primary N) is 1. The van der Waals surface area contributed by atoms with Crippen LogP contribution < -0.4 is 15.8 Å². The summed E-state index contributed by atoms with van der Waals surface area (Å²) in [5.41, 5.74) is 10.5. The maximum Gasteiger partial charge on any atom is 0.251 e. The lowest BCUT2D eigenvalue weighted by Gasteiger charge is -2.27. The van der Waals surface area contributed by atoms with Crippen LogP contribution in [0.25, 0.3) is 5.70 Å². The predicted octanol–water partition coefficient (Wildman–Crippen LogP) is 4.30. The number of hydrazone groups is 1. The summed E-state index contributed by atoms with van der Waals surface area (Å²) in [4.78, 5) is 16.9. The Morgan fingerprint density at radius 2 is 2.06 bits per heavy atom. The van der Waals surface area contributed by atoms with E-state index in [4.69, 9.17) is 10.5 Å². The number of guanidine groups is 1. The Morgan fingerprint density at radius 3 is 2.69 bits per heavy atom. The number of carbonyl (C=O) groups excluding carboxylic acids is 1. The molecule has 0 saturated carbocycles. The van der Waals surface area contributed by atoms with E-state index in [9.17, 15) is 9.18 Å². The highest BCUT2D eigenvalue weighted by molar-refractivity contribution is 6.00. The topological polar surface area (TPSA) is 92.3 Å². The van der Waals surface area contributed by atoms with Crippen LogP contribution in [0.1, 0.15) is 53.7 Å². The van der Waals surface area contributed by atoms with Crippen LogP contribution in [-0.2, 0) is 0 Å². The van der Waals surface area contributed by atoms with E-state index in [1.165, 1.54) is 29.8 Å². The lowest BCUT2D eigenvalue weighted by Crippen LogP contribution is -2.36. The third-order valence-electron chi connectivity index (χ3n) is 5.21. The summed E-state index contributed by atoms with van der Waals surface area (Å²) in [6.45, 7) is 12.1. The lowest BCUT2D eigenvalue weighted by atomic mass is 9.97. The van der Waals surface area contributed by atoms with Crippen LogP contribution in [0.15, 0.2) is 47.0 Å². The fourth-order valence-corrected chi connectivity index (χ4v) is 3.40. The van der Waals surface area contributed by atoms with E-state index in [-0.39, 0.29) is 24.2 Å². The number of fused-ring (bicyclic) bond motifs is 1. The molecule has 168 valence electrons. The molecule has 1 aliphatic rings. The zero-order valence-corrected chi connectivity index (χ0v) is 19.0. The zero-order chi connectivity index (χ0) is 23.6. The molecule has 0 fully saturated rings. The van der Waals surface area contributed by atoms with Gasteiger partial charge in [0.2, 0.25) is 5.96 Å². The van der Waals surface area contributed by atoms with Crippen LogP contribution in [0.5, 0.6) is 5.75 Å². The molecular formula is C24H28FN5O2. The summed E-state index contributed by atoms with van der Waals surface area (Å²) in [6, 6.07) is 8.37. The quantitative estimate of drug-likeness (QED) is 0.659. The Morgan fingerprint density at radius 1 is 1.34 bits per heavy atom. The molecule has 0 spiro atoms. The minimum Gasteiger partial charge on any atom is -0.494 e. The summed E-state index contributed by atoms with van der Waals surface area (Å²) >= 11 is 0. The van der Waals surface area contributed by atoms with Gasteiger partial charge in [-0.25, -0.2) is 14.4 Å². The van der Waals surface area contributed by atoms with Crippen molar-refractivity contribution in [1.29, 1.82) is 0 Å². The van der Waals surface area contributed by atoms with Crippen LogP contribution in [0, 0.1) is 12.7 Å². The Bertz CT molecular complexity index is 1140. The summed E-state index contributed by atoms with van der Waals surface area (Å²) in [6.07, 6.45) is 0. The standard InChI is InChI=1S/C24H28FN5O2/c1-13(2)17-7-8-19(14(3)9-17)23(31)27-12-15(4)29-30-16(5)20-10-18(25)11-21(32-6)22(20)28-24(30)26/h7-11,13H,5,12H2,1-4,6H3,(H2,26,28)(H,27,31)/b29-15+. The first kappa shape index (κ1) is 23.0. The Balaban J connectivity index is 1.75. The molecule has 32 heavy (non-hydrogen) atoms. The van der Waals surface area contributed by atoms with Crippen molar-refractivity contribution in [2.75, 3.05) is 13.7 Å². The molecule has 1 aliphatic heterocycles. The summed E-state index contributed by atoms with van der Waals surface area (Å²) < 4.78 is 19.2. The molecule has 3 rings (SSSR count). The number of benzene rings is 2. The number of rotatable bonds is 6. The van der Waals surface area contributed by atoms with Crippen molar-refractivity contribution in [1.82, 2.24) is 10.3 Å². The average Bonchev–Trinajstić information content (AvgIpc) is 2.75. The number of aliphatic imine (C=N–C) groups is 1. The number of methoxy groups -OCH3 is 1. The largest absolute Gasteiger partial charge is 0.494 e. The second-order valence-corrected chi connectivity index (χ2v) is 7.98. The van der Waals surface area contributed by atoms with Gasteiger partial charge in [-0.05, 0) is 43.0 Å². The van der Waals surface area contributed by atoms with Crippen molar-refractivity contribution < 1.29 is 13.9 Å². The molecular weight excluding hydrogens is 409 g/mol. The molecule has 0 unspecified atom stereocenters. The van der Waals surface area contributed by atoms with Crippen molar-refractivity contribution in [3.8, 4) is 5.75 Å². The van der Waals surface area contributed by atoms with Gasteiger partial charge in [0, 0.05) is 17.2 Å². The summed E-state index contributed by atoms with van der Waals surface area (Å²) in [7, 11) is 1.43. The van der Waals surface area contributed by atoms with Crippen LogP contribution >= 0.6 is 0 Å². The molecule has 0 radical (unpaired) electrons. The molecule has 0 aromatic heterocycles. The maximum atomic E-state index is 14.0. The molecule has 1 heterocycles. The molecule has 1 amide bonds. The second-order valence-electron chi connectivity index (χ2n) is 7.98. The van der Waals surface area contributed by atoms with Gasteiger partial charge in [-0.3, -0.25) is 4.79 Å². The van der Waals surface area contributed by atoms with Crippen LogP contribution in [0.4, 0.5) is 10.1 Å². The molecule has 2 aromatic carbocycles. The monoisotopic (exact) mass is 437 g/mol. The van der Waals surface area contributed by atoms with Gasteiger partial charge in [0.05, 0.1) is 25.1 Å². The number of nitrogens with zero attached hydrogens (tertiary/aromatic N) is 3. The number of amides is 1. The normalized spacial score (nSPS) is 13.7. The number of halogens is 1. The average molecular weight is 438 g/mol. The zero-order valence-electron chi connectivity index (χ0n) is 19.0. The molecule has 3 N–H and O–H groups in total. The van der Waals surface area contributed by atoms with Crippen LogP contribution in [0.3, 0.4) is 0 Å². The summed E-state index contributed by atoms with van der Waals surface area (Å²) in [5.74, 6) is 0.0464. The van der Waals surface area contributed by atoms with Gasteiger partial charge in [-0.15, -0.1) is 0 Å². The van der Waals surface area contributed by atoms with Gasteiger partial charge in [0.15, 0.2) is 0 Å². The molecule has 2 aromatic rings. The highest BCUT2D eigenvalue weighted by atomic mass is 19.1. The lowest BCUT2D eigenvalue weighted by molar-refractivity contribution is 0.0958. The number of hydrogen-bond acceptors (Lipinski definition) is 6. The van der Waals surface area contributed by atoms with Crippen LogP contribution in [0.2, 0.25) is 0 Å². The summed E-state index contributed by atoms with van der Waals surface area (Å²) in [5, 5.41) is 8.62. The highest BCUT2D eigenvalue weighted by Gasteiger charge is 2.25. The fraction of sp³-hybridized carbons (Fsp3) is 0.292. The van der Waals surface area contributed by atoms with Gasteiger partial charge in [-0.1, -0.05) is 32.6 Å². The molecule has 7 nitrogen and oxygen atoms in total. The van der Waals surface area contributed by atoms with E-state index in [1.807, 2.05) is 25.1 Å². The van der Waals surface area contributed by atoms with Crippen molar-refractivity contribution >= 4 is 29.0 Å². The number of aryl methyl sites for hydroxylation is 1. The minimum atomic E-state index is -0.482. The second kappa shape index (κ2) is 9.21. The molecule has 8 heteroatoms. The first-order valence-corrected chi connectivity index (χ1v) is 10.3. The first-order chi connectivity index (χ1) is 15.1. The fourth-order valence-electron chi connectivity index (χ4n) is 3.40. The smallest absolute Gasteiger partial charge is 0.251 e. The van der Waals surface area contributed by atoms with E-state index in [0.717, 1.165) is 5.56 Å². The number of ether oxygens (including phenoxy) is 1. The minimum absolute atomic E-state index is 0.0678. The number of nitrogens with one attached hydrogen (secondary N) is 1. The molecule has 0 bridgehead atoms. The third kappa shape index (κ3) is 4.64. The van der Waals surface area contributed by atoms with E-state index in [0.29, 0.717) is 34.1 Å². The molecule has 0 aliphatic carbocycles. The van der Waals surface area contributed by atoms with Crippen molar-refractivity contribution in [2.45, 2.75) is 33.6 Å². The van der Waals surface area contributed by atoms with E-state index in [1.54, 1.807) is 6.92 Å². The van der Waals surface area contributed by atoms with Crippen molar-refractivity contribution in [3.05, 3.63) is 65.0 Å². The highest BCUT2D eigenvalue weighted by Crippen LogP contribution is 2.40. The predicted molar refractivity (Wildman–Crippen MR) is 126 cm³/mol. The SMILES string of the molecule is C=C1c2cc(F)cc(OC)c2N=C(N)N1/N=C(\C)CNC(=O)c1ccc(C(C)C)cc1C. The third-order valence-corrected chi connectivity index (χ3v) is 5.21. The van der Waals surface area contributed by atoms with Crippen molar-refractivity contribution in [2.24, 2.45) is 15.8 Å². The van der Waals surface area contributed by atoms with E-state index in [2.05, 4.69) is 35.8 Å².